The first-order chi connectivity index (χ1) is 12.6. The number of hydrogen-bond donors (Lipinski definition) is 2. The minimum Gasteiger partial charge on any atom is -0.347 e. The Morgan fingerprint density at radius 3 is 2.58 bits per heavy atom. The predicted molar refractivity (Wildman–Crippen MR) is 101 cm³/mol. The van der Waals surface area contributed by atoms with Crippen molar-refractivity contribution in [2.24, 2.45) is 0 Å². The molecule has 0 aliphatic heterocycles. The number of halogens is 1. The molecule has 0 aliphatic rings. The lowest BCUT2D eigenvalue weighted by Crippen LogP contribution is -2.33. The van der Waals surface area contributed by atoms with E-state index in [9.17, 15) is 9.59 Å². The third kappa shape index (κ3) is 5.00. The summed E-state index contributed by atoms with van der Waals surface area (Å²) in [5.74, 6) is -0.499. The van der Waals surface area contributed by atoms with Gasteiger partial charge >= 0.3 is 0 Å². The van der Waals surface area contributed by atoms with Gasteiger partial charge in [-0.2, -0.15) is 5.10 Å². The molecule has 2 aromatic carbocycles. The first-order valence-corrected chi connectivity index (χ1v) is 8.65. The summed E-state index contributed by atoms with van der Waals surface area (Å²) in [7, 11) is 0. The summed E-state index contributed by atoms with van der Waals surface area (Å²) in [6, 6.07) is 14.6. The van der Waals surface area contributed by atoms with E-state index < -0.39 is 0 Å². The Morgan fingerprint density at radius 1 is 1.08 bits per heavy atom. The smallest absolute Gasteiger partial charge is 0.243 e. The quantitative estimate of drug-likeness (QED) is 0.648. The van der Waals surface area contributed by atoms with Crippen LogP contribution in [0.1, 0.15) is 5.56 Å². The van der Waals surface area contributed by atoms with E-state index in [0.717, 1.165) is 15.7 Å². The van der Waals surface area contributed by atoms with Crippen LogP contribution >= 0.6 is 15.9 Å². The van der Waals surface area contributed by atoms with Crippen molar-refractivity contribution in [2.75, 3.05) is 11.9 Å². The van der Waals surface area contributed by atoms with Crippen LogP contribution in [0.4, 0.5) is 5.69 Å². The lowest BCUT2D eigenvalue weighted by Gasteiger charge is -2.08. The van der Waals surface area contributed by atoms with Crippen LogP contribution in [0.2, 0.25) is 0 Å². The highest BCUT2D eigenvalue weighted by Gasteiger charge is 2.07. The highest BCUT2D eigenvalue weighted by Crippen LogP contribution is 2.13. The highest BCUT2D eigenvalue weighted by molar-refractivity contribution is 9.10. The molecule has 7 nitrogen and oxygen atoms in total. The van der Waals surface area contributed by atoms with Crippen molar-refractivity contribution in [2.45, 2.75) is 6.42 Å². The summed E-state index contributed by atoms with van der Waals surface area (Å²) in [6.07, 6.45) is 3.26. The molecule has 0 unspecified atom stereocenters. The van der Waals surface area contributed by atoms with Crippen molar-refractivity contribution in [3.63, 3.8) is 0 Å². The highest BCUT2D eigenvalue weighted by atomic mass is 79.9. The maximum atomic E-state index is 12.0. The van der Waals surface area contributed by atoms with Gasteiger partial charge in [-0.05, 0) is 42.0 Å². The predicted octanol–water partition coefficient (Wildman–Crippen LogP) is 2.33. The number of carbonyl (C=O) groups is 2. The maximum Gasteiger partial charge on any atom is 0.243 e. The molecular formula is C18H16BrN5O2. The van der Waals surface area contributed by atoms with Gasteiger partial charge in [-0.1, -0.05) is 28.1 Å². The fourth-order valence-corrected chi connectivity index (χ4v) is 2.76. The lowest BCUT2D eigenvalue weighted by molar-refractivity contribution is -0.123. The third-order valence-electron chi connectivity index (χ3n) is 3.53. The summed E-state index contributed by atoms with van der Waals surface area (Å²) < 4.78 is 2.53. The van der Waals surface area contributed by atoms with E-state index in [0.29, 0.717) is 5.69 Å². The van der Waals surface area contributed by atoms with E-state index >= 15 is 0 Å². The molecular weight excluding hydrogens is 398 g/mol. The van der Waals surface area contributed by atoms with Crippen LogP contribution < -0.4 is 10.6 Å². The molecule has 1 aromatic heterocycles. The van der Waals surface area contributed by atoms with E-state index in [4.69, 9.17) is 0 Å². The van der Waals surface area contributed by atoms with Crippen LogP contribution in [0.15, 0.2) is 65.7 Å². The average Bonchev–Trinajstić information content (AvgIpc) is 3.15. The molecule has 0 atom stereocenters. The Bertz CT molecular complexity index is 894. The van der Waals surface area contributed by atoms with Gasteiger partial charge in [0.15, 0.2) is 0 Å². The molecule has 0 aliphatic carbocycles. The summed E-state index contributed by atoms with van der Waals surface area (Å²) in [6.45, 7) is -0.0857. The van der Waals surface area contributed by atoms with Crippen molar-refractivity contribution in [3.05, 3.63) is 71.2 Å². The molecule has 2 N–H and O–H groups in total. The van der Waals surface area contributed by atoms with Crippen LogP contribution in [0.3, 0.4) is 0 Å². The number of amides is 2. The number of hydrogen-bond acceptors (Lipinski definition) is 4. The summed E-state index contributed by atoms with van der Waals surface area (Å²) in [5.41, 5.74) is 2.35. The molecule has 26 heavy (non-hydrogen) atoms. The first-order valence-electron chi connectivity index (χ1n) is 7.86. The molecule has 0 saturated carbocycles. The standard InChI is InChI=1S/C18H16BrN5O2/c19-14-3-1-2-13(8-14)9-17(25)21-10-18(26)23-15-4-6-16(7-5-15)24-12-20-11-22-24/h1-8,11-12H,9-10H2,(H,21,25)(H,23,26). The van der Waals surface area contributed by atoms with Gasteiger partial charge in [-0.3, -0.25) is 9.59 Å². The lowest BCUT2D eigenvalue weighted by atomic mass is 10.1. The zero-order chi connectivity index (χ0) is 18.4. The monoisotopic (exact) mass is 413 g/mol. The van der Waals surface area contributed by atoms with Gasteiger partial charge in [0.2, 0.25) is 11.8 Å². The summed E-state index contributed by atoms with van der Waals surface area (Å²) in [5, 5.41) is 9.39. The van der Waals surface area contributed by atoms with Crippen LogP contribution in [0.5, 0.6) is 0 Å². The summed E-state index contributed by atoms with van der Waals surface area (Å²) >= 11 is 3.36. The van der Waals surface area contributed by atoms with Gasteiger partial charge in [-0.15, -0.1) is 0 Å². The number of rotatable bonds is 6. The first kappa shape index (κ1) is 17.8. The zero-order valence-corrected chi connectivity index (χ0v) is 15.3. The van der Waals surface area contributed by atoms with Crippen molar-refractivity contribution >= 4 is 33.4 Å². The Labute approximate surface area is 158 Å². The Balaban J connectivity index is 1.47. The fraction of sp³-hybridized carbons (Fsp3) is 0.111. The molecule has 0 bridgehead atoms. The molecule has 3 rings (SSSR count). The molecule has 1 heterocycles. The van der Waals surface area contributed by atoms with Crippen LogP contribution in [-0.4, -0.2) is 33.1 Å². The number of nitrogens with zero attached hydrogens (tertiary/aromatic N) is 3. The van der Waals surface area contributed by atoms with E-state index in [1.54, 1.807) is 23.1 Å². The second-order valence-corrected chi connectivity index (χ2v) is 6.43. The Kier molecular flexibility index (Phi) is 5.75. The summed E-state index contributed by atoms with van der Waals surface area (Å²) in [4.78, 5) is 27.8. The fourth-order valence-electron chi connectivity index (χ4n) is 2.32. The minimum absolute atomic E-state index is 0.0857. The number of anilines is 1. The third-order valence-corrected chi connectivity index (χ3v) is 4.03. The Hall–Kier alpha value is -3.00. The van der Waals surface area contributed by atoms with E-state index in [-0.39, 0.29) is 24.8 Å². The zero-order valence-electron chi connectivity index (χ0n) is 13.7. The molecule has 132 valence electrons. The maximum absolute atomic E-state index is 12.0. The van der Waals surface area contributed by atoms with E-state index in [2.05, 4.69) is 36.6 Å². The SMILES string of the molecule is O=C(Cc1cccc(Br)c1)NCC(=O)Nc1ccc(-n2cncn2)cc1. The molecule has 8 heteroatoms. The molecule has 0 saturated heterocycles. The number of benzene rings is 2. The van der Waals surface area contributed by atoms with Gasteiger partial charge < -0.3 is 10.6 Å². The largest absolute Gasteiger partial charge is 0.347 e. The van der Waals surface area contributed by atoms with Crippen molar-refractivity contribution in [1.29, 1.82) is 0 Å². The van der Waals surface area contributed by atoms with Crippen LogP contribution in [0, 0.1) is 0 Å². The molecule has 3 aromatic rings. The van der Waals surface area contributed by atoms with E-state index in [1.807, 2.05) is 36.4 Å². The van der Waals surface area contributed by atoms with Gasteiger partial charge in [0.1, 0.15) is 12.7 Å². The molecule has 0 fully saturated rings. The average molecular weight is 414 g/mol. The van der Waals surface area contributed by atoms with Crippen molar-refractivity contribution in [3.8, 4) is 5.69 Å². The molecule has 2 amide bonds. The van der Waals surface area contributed by atoms with Gasteiger partial charge in [0, 0.05) is 10.2 Å². The van der Waals surface area contributed by atoms with Crippen molar-refractivity contribution < 1.29 is 9.59 Å². The minimum atomic E-state index is -0.291. The number of nitrogens with one attached hydrogen (secondary N) is 2. The second kappa shape index (κ2) is 8.39. The van der Waals surface area contributed by atoms with Gasteiger partial charge in [0.05, 0.1) is 18.7 Å². The number of aromatic nitrogens is 3. The second-order valence-electron chi connectivity index (χ2n) is 5.52. The van der Waals surface area contributed by atoms with E-state index in [1.165, 1.54) is 6.33 Å². The van der Waals surface area contributed by atoms with Crippen LogP contribution in [-0.2, 0) is 16.0 Å². The van der Waals surface area contributed by atoms with Crippen LogP contribution in [0.25, 0.3) is 5.69 Å². The molecule has 0 spiro atoms. The molecule has 0 radical (unpaired) electrons. The topological polar surface area (TPSA) is 88.9 Å². The van der Waals surface area contributed by atoms with Crippen molar-refractivity contribution in [1.82, 2.24) is 20.1 Å². The Morgan fingerprint density at radius 2 is 1.88 bits per heavy atom. The number of carbonyl (C=O) groups excluding carboxylic acids is 2. The van der Waals surface area contributed by atoms with Gasteiger partial charge in [0.25, 0.3) is 0 Å². The normalized spacial score (nSPS) is 10.3. The van der Waals surface area contributed by atoms with Gasteiger partial charge in [-0.25, -0.2) is 9.67 Å².